The molecule has 0 aromatic heterocycles. The van der Waals surface area contributed by atoms with Crippen molar-refractivity contribution in [3.8, 4) is 0 Å². The maximum atomic E-state index is 12.8. The number of hydrogen-bond acceptors (Lipinski definition) is 4. The summed E-state index contributed by atoms with van der Waals surface area (Å²) in [4.78, 5) is 28.5. The van der Waals surface area contributed by atoms with E-state index in [4.69, 9.17) is 0 Å². The largest absolute Gasteiger partial charge is 0.324 e. The molecule has 2 aromatic carbocycles. The first-order chi connectivity index (χ1) is 12.9. The first-order valence-corrected chi connectivity index (χ1v) is 10.7. The molecular weight excluding hydrogens is 364 g/mol. The molecule has 2 saturated heterocycles. The van der Waals surface area contributed by atoms with Crippen LogP contribution >= 0.6 is 0 Å². The minimum atomic E-state index is -3.31. The van der Waals surface area contributed by atoms with E-state index in [1.54, 1.807) is 0 Å². The van der Waals surface area contributed by atoms with Gasteiger partial charge in [-0.1, -0.05) is 60.7 Å². The Bertz CT molecular complexity index is 886. The van der Waals surface area contributed by atoms with Crippen molar-refractivity contribution >= 4 is 21.7 Å². The quantitative estimate of drug-likeness (QED) is 0.743. The molecule has 2 fully saturated rings. The van der Waals surface area contributed by atoms with E-state index >= 15 is 0 Å². The van der Waals surface area contributed by atoms with Gasteiger partial charge in [0.1, 0.15) is 0 Å². The monoisotopic (exact) mass is 384 g/mol. The Morgan fingerprint density at radius 2 is 1.07 bits per heavy atom. The Balaban J connectivity index is 1.66. The number of rotatable bonds is 4. The van der Waals surface area contributed by atoms with Crippen molar-refractivity contribution in [3.05, 3.63) is 71.8 Å². The van der Waals surface area contributed by atoms with Gasteiger partial charge in [0.2, 0.25) is 0 Å². The summed E-state index contributed by atoms with van der Waals surface area (Å²) in [6.45, 7) is 0.475. The van der Waals surface area contributed by atoms with Gasteiger partial charge in [0, 0.05) is 13.1 Å². The second-order valence-corrected chi connectivity index (χ2v) is 9.20. The molecule has 2 aliphatic heterocycles. The highest BCUT2D eigenvalue weighted by Crippen LogP contribution is 2.30. The standard InChI is InChI=1S/C20H20N2O4S/c23-19-20(24)22(12-16-9-5-2-6-10-16)18-14-27(25,26)13-17(18)21(19)11-15-7-3-1-4-8-15/h1-10,17-18H,11-14H2/t17-,18-/m1/s1. The van der Waals surface area contributed by atoms with Crippen LogP contribution in [0.3, 0.4) is 0 Å². The molecule has 0 bridgehead atoms. The van der Waals surface area contributed by atoms with Crippen LogP contribution in [0.2, 0.25) is 0 Å². The summed E-state index contributed by atoms with van der Waals surface area (Å²) in [7, 11) is -3.31. The van der Waals surface area contributed by atoms with Crippen molar-refractivity contribution in [2.75, 3.05) is 11.5 Å². The molecule has 0 N–H and O–H groups in total. The zero-order valence-corrected chi connectivity index (χ0v) is 15.5. The van der Waals surface area contributed by atoms with Crippen LogP contribution in [0, 0.1) is 0 Å². The van der Waals surface area contributed by atoms with E-state index in [1.165, 1.54) is 9.80 Å². The van der Waals surface area contributed by atoms with Crippen molar-refractivity contribution in [1.29, 1.82) is 0 Å². The van der Waals surface area contributed by atoms with Crippen molar-refractivity contribution in [2.24, 2.45) is 0 Å². The van der Waals surface area contributed by atoms with Crippen LogP contribution in [-0.4, -0.2) is 53.6 Å². The fourth-order valence-corrected chi connectivity index (χ4v) is 5.87. The number of sulfone groups is 1. The smallest absolute Gasteiger partial charge is 0.312 e. The third-order valence-corrected chi connectivity index (χ3v) is 6.89. The number of nitrogens with zero attached hydrogens (tertiary/aromatic N) is 2. The molecule has 2 heterocycles. The van der Waals surface area contributed by atoms with Crippen LogP contribution in [0.5, 0.6) is 0 Å². The summed E-state index contributed by atoms with van der Waals surface area (Å²) in [6.07, 6.45) is 0. The third-order valence-electron chi connectivity index (χ3n) is 5.19. The van der Waals surface area contributed by atoms with E-state index in [-0.39, 0.29) is 24.6 Å². The molecule has 27 heavy (non-hydrogen) atoms. The average molecular weight is 384 g/mol. The normalized spacial score (nSPS) is 24.1. The number of carbonyl (C=O) groups is 2. The predicted molar refractivity (Wildman–Crippen MR) is 100 cm³/mol. The van der Waals surface area contributed by atoms with E-state index in [0.717, 1.165) is 11.1 Å². The summed E-state index contributed by atoms with van der Waals surface area (Å²) in [5.41, 5.74) is 1.75. The van der Waals surface area contributed by atoms with Gasteiger partial charge in [-0.2, -0.15) is 0 Å². The minimum Gasteiger partial charge on any atom is -0.324 e. The molecule has 4 rings (SSSR count). The molecule has 6 nitrogen and oxygen atoms in total. The Morgan fingerprint density at radius 1 is 0.704 bits per heavy atom. The topological polar surface area (TPSA) is 74.8 Å². The SMILES string of the molecule is O=C1C(=O)N(Cc2ccccc2)[C@@H]2CS(=O)(=O)C[C@H]2N1Cc1ccccc1. The Labute approximate surface area is 158 Å². The van der Waals surface area contributed by atoms with Gasteiger partial charge in [-0.05, 0) is 11.1 Å². The number of benzene rings is 2. The average Bonchev–Trinajstić information content (AvgIpc) is 2.99. The fourth-order valence-electron chi connectivity index (χ4n) is 3.89. The Hall–Kier alpha value is -2.67. The summed E-state index contributed by atoms with van der Waals surface area (Å²) < 4.78 is 24.7. The zero-order valence-electron chi connectivity index (χ0n) is 14.7. The summed E-state index contributed by atoms with van der Waals surface area (Å²) >= 11 is 0. The molecular formula is C20H20N2O4S. The highest BCUT2D eigenvalue weighted by Gasteiger charge is 2.52. The molecule has 2 amide bonds. The summed E-state index contributed by atoms with van der Waals surface area (Å²) in [6, 6.07) is 17.6. The Kier molecular flexibility index (Phi) is 4.47. The van der Waals surface area contributed by atoms with E-state index in [9.17, 15) is 18.0 Å². The second-order valence-electron chi connectivity index (χ2n) is 7.05. The van der Waals surface area contributed by atoms with Crippen molar-refractivity contribution in [3.63, 3.8) is 0 Å². The summed E-state index contributed by atoms with van der Waals surface area (Å²) in [5, 5.41) is 0. The lowest BCUT2D eigenvalue weighted by Gasteiger charge is -2.43. The first kappa shape index (κ1) is 17.7. The van der Waals surface area contributed by atoms with Crippen LogP contribution in [0.1, 0.15) is 11.1 Å². The number of fused-ring (bicyclic) bond motifs is 1. The van der Waals surface area contributed by atoms with Crippen molar-refractivity contribution < 1.29 is 18.0 Å². The highest BCUT2D eigenvalue weighted by atomic mass is 32.2. The van der Waals surface area contributed by atoms with Gasteiger partial charge in [0.25, 0.3) is 0 Å². The number of piperazine rings is 1. The molecule has 0 saturated carbocycles. The summed E-state index contributed by atoms with van der Waals surface area (Å²) in [5.74, 6) is -1.47. The van der Waals surface area contributed by atoms with Gasteiger partial charge >= 0.3 is 11.8 Å². The van der Waals surface area contributed by atoms with E-state index < -0.39 is 33.7 Å². The lowest BCUT2D eigenvalue weighted by atomic mass is 10.0. The second kappa shape index (κ2) is 6.81. The molecule has 0 radical (unpaired) electrons. The fraction of sp³-hybridized carbons (Fsp3) is 0.300. The van der Waals surface area contributed by atoms with Crippen LogP contribution in [0.15, 0.2) is 60.7 Å². The molecule has 2 atom stereocenters. The maximum Gasteiger partial charge on any atom is 0.312 e. The zero-order chi connectivity index (χ0) is 19.0. The van der Waals surface area contributed by atoms with E-state index in [2.05, 4.69) is 0 Å². The van der Waals surface area contributed by atoms with Crippen molar-refractivity contribution in [1.82, 2.24) is 9.80 Å². The van der Waals surface area contributed by atoms with Crippen molar-refractivity contribution in [2.45, 2.75) is 25.2 Å². The van der Waals surface area contributed by atoms with Crippen LogP contribution in [-0.2, 0) is 32.5 Å². The molecule has 0 aliphatic carbocycles. The lowest BCUT2D eigenvalue weighted by molar-refractivity contribution is -0.162. The molecule has 0 spiro atoms. The first-order valence-electron chi connectivity index (χ1n) is 8.84. The maximum absolute atomic E-state index is 12.8. The molecule has 140 valence electrons. The number of amides is 2. The van der Waals surface area contributed by atoms with Gasteiger partial charge in [-0.15, -0.1) is 0 Å². The number of carbonyl (C=O) groups excluding carboxylic acids is 2. The molecule has 0 unspecified atom stereocenters. The minimum absolute atomic E-state index is 0.102. The van der Waals surface area contributed by atoms with E-state index in [0.29, 0.717) is 0 Å². The van der Waals surface area contributed by atoms with Gasteiger partial charge in [-0.3, -0.25) is 9.59 Å². The molecule has 2 aliphatic rings. The predicted octanol–water partition coefficient (Wildman–Crippen LogP) is 1.22. The third kappa shape index (κ3) is 3.47. The Morgan fingerprint density at radius 3 is 1.44 bits per heavy atom. The lowest BCUT2D eigenvalue weighted by Crippen LogP contribution is -2.63. The van der Waals surface area contributed by atoms with Crippen LogP contribution in [0.25, 0.3) is 0 Å². The highest BCUT2D eigenvalue weighted by molar-refractivity contribution is 7.91. The van der Waals surface area contributed by atoms with Gasteiger partial charge in [-0.25, -0.2) is 8.42 Å². The molecule has 7 heteroatoms. The van der Waals surface area contributed by atoms with Gasteiger partial charge < -0.3 is 9.80 Å². The van der Waals surface area contributed by atoms with Crippen LogP contribution < -0.4 is 0 Å². The van der Waals surface area contributed by atoms with Crippen LogP contribution in [0.4, 0.5) is 0 Å². The molecule has 2 aromatic rings. The van der Waals surface area contributed by atoms with Gasteiger partial charge in [0.05, 0.1) is 23.6 Å². The van der Waals surface area contributed by atoms with Gasteiger partial charge in [0.15, 0.2) is 9.84 Å². The van der Waals surface area contributed by atoms with E-state index in [1.807, 2.05) is 60.7 Å². The number of hydrogen-bond donors (Lipinski definition) is 0.